The van der Waals surface area contributed by atoms with E-state index in [9.17, 15) is 18.3 Å². The highest BCUT2D eigenvalue weighted by molar-refractivity contribution is 7.89. The smallest absolute Gasteiger partial charge is 0.303 e. The summed E-state index contributed by atoms with van der Waals surface area (Å²) in [6, 6.07) is 22.6. The molecule has 0 radical (unpaired) electrons. The monoisotopic (exact) mass is 550 g/mol. The first kappa shape index (κ1) is 29.0. The minimum Gasteiger partial charge on any atom is -0.481 e. The molecular weight excluding hydrogens is 512 g/mol. The van der Waals surface area contributed by atoms with Crippen LogP contribution in [0.1, 0.15) is 43.4 Å². The fraction of sp³-hybridized carbons (Fsp3) is 0.387. The number of benzene rings is 3. The molecule has 0 aromatic heterocycles. The molecule has 1 atom stereocenters. The highest BCUT2D eigenvalue weighted by atomic mass is 32.2. The first-order chi connectivity index (χ1) is 18.5. The number of rotatable bonds is 13. The summed E-state index contributed by atoms with van der Waals surface area (Å²) < 4.78 is 28.5. The summed E-state index contributed by atoms with van der Waals surface area (Å²) in [5, 5.41) is 22.8. The predicted octanol–water partition coefficient (Wildman–Crippen LogP) is 4.18. The van der Waals surface area contributed by atoms with E-state index in [-0.39, 0.29) is 29.9 Å². The van der Waals surface area contributed by atoms with Gasteiger partial charge < -0.3 is 15.5 Å². The van der Waals surface area contributed by atoms with Gasteiger partial charge in [0.2, 0.25) is 10.0 Å². The van der Waals surface area contributed by atoms with Crippen LogP contribution in [-0.4, -0.2) is 49.3 Å². The molecule has 39 heavy (non-hydrogen) atoms. The maximum absolute atomic E-state index is 13.0. The molecule has 1 aliphatic carbocycles. The summed E-state index contributed by atoms with van der Waals surface area (Å²) >= 11 is 0. The molecule has 0 aliphatic heterocycles. The Morgan fingerprint density at radius 2 is 1.62 bits per heavy atom. The number of carboxylic acids is 1. The van der Waals surface area contributed by atoms with E-state index in [1.807, 2.05) is 30.3 Å². The average molecular weight is 551 g/mol. The number of fused-ring (bicyclic) bond motifs is 1. The van der Waals surface area contributed by atoms with E-state index in [2.05, 4.69) is 48.2 Å². The largest absolute Gasteiger partial charge is 0.481 e. The number of carbonyl (C=O) groups is 1. The van der Waals surface area contributed by atoms with Crippen LogP contribution in [0, 0.1) is 5.92 Å². The van der Waals surface area contributed by atoms with E-state index in [1.165, 1.54) is 17.2 Å². The third-order valence-corrected chi connectivity index (χ3v) is 8.74. The zero-order valence-electron chi connectivity index (χ0n) is 22.6. The Hall–Kier alpha value is -3.04. The van der Waals surface area contributed by atoms with Crippen molar-refractivity contribution >= 4 is 16.0 Å². The molecule has 0 heterocycles. The zero-order valence-corrected chi connectivity index (χ0v) is 23.4. The summed E-state index contributed by atoms with van der Waals surface area (Å²) in [6.45, 7) is 4.43. The lowest BCUT2D eigenvalue weighted by Crippen LogP contribution is -2.47. The highest BCUT2D eigenvalue weighted by Gasteiger charge is 2.28. The molecule has 4 rings (SSSR count). The van der Waals surface area contributed by atoms with Gasteiger partial charge in [0.1, 0.15) is 0 Å². The summed E-state index contributed by atoms with van der Waals surface area (Å²) in [5.74, 6) is -0.293. The quantitative estimate of drug-likeness (QED) is 0.254. The van der Waals surface area contributed by atoms with Crippen molar-refractivity contribution in [3.8, 4) is 11.1 Å². The Labute approximate surface area is 231 Å². The van der Waals surface area contributed by atoms with Gasteiger partial charge in [0.25, 0.3) is 0 Å². The second kappa shape index (κ2) is 12.4. The molecule has 4 N–H and O–H groups in total. The molecule has 208 valence electrons. The lowest BCUT2D eigenvalue weighted by Gasteiger charge is -2.30. The van der Waals surface area contributed by atoms with E-state index in [1.54, 1.807) is 12.1 Å². The van der Waals surface area contributed by atoms with E-state index < -0.39 is 22.1 Å². The van der Waals surface area contributed by atoms with Gasteiger partial charge in [-0.05, 0) is 85.4 Å². The summed E-state index contributed by atoms with van der Waals surface area (Å²) in [6.07, 6.45) is 2.73. The number of sulfonamides is 1. The Balaban J connectivity index is 1.28. The minimum absolute atomic E-state index is 0.0624. The average Bonchev–Trinajstić information content (AvgIpc) is 3.31. The number of carboxylic acid groups (broad SMARTS) is 1. The fourth-order valence-corrected chi connectivity index (χ4v) is 6.42. The molecule has 0 amide bonds. The van der Waals surface area contributed by atoms with Crippen LogP contribution in [0.2, 0.25) is 0 Å². The standard InChI is InChI=1S/C31H38N2O5S/c1-31(2,19-23-16-25-6-3-4-7-26(25)17-23)32-20-28(34)21-33-39(37,38)29-9-5-8-27(18-29)24-13-10-22(11-14-24)12-15-30(35)36/h3-11,13-14,18,23,28,32-34H,12,15-17,19-21H2,1-2H3,(H,35,36)/t28-/m1/s1. The molecule has 0 fully saturated rings. The molecule has 7 nitrogen and oxygen atoms in total. The summed E-state index contributed by atoms with van der Waals surface area (Å²) in [5.41, 5.74) is 5.13. The van der Waals surface area contributed by atoms with Crippen LogP contribution in [0.4, 0.5) is 0 Å². The second-order valence-electron chi connectivity index (χ2n) is 11.1. The van der Waals surface area contributed by atoms with Gasteiger partial charge in [-0.15, -0.1) is 0 Å². The van der Waals surface area contributed by atoms with Gasteiger partial charge in [-0.3, -0.25) is 4.79 Å². The van der Waals surface area contributed by atoms with Gasteiger partial charge in [-0.2, -0.15) is 0 Å². The first-order valence-electron chi connectivity index (χ1n) is 13.4. The molecule has 0 saturated heterocycles. The van der Waals surface area contributed by atoms with Crippen LogP contribution in [-0.2, 0) is 34.1 Å². The Morgan fingerprint density at radius 1 is 0.949 bits per heavy atom. The fourth-order valence-electron chi connectivity index (χ4n) is 5.30. The number of hydrogen-bond acceptors (Lipinski definition) is 5. The third kappa shape index (κ3) is 8.22. The van der Waals surface area contributed by atoms with Crippen molar-refractivity contribution in [2.75, 3.05) is 13.1 Å². The maximum Gasteiger partial charge on any atom is 0.303 e. The molecule has 3 aromatic carbocycles. The van der Waals surface area contributed by atoms with Crippen molar-refractivity contribution in [3.63, 3.8) is 0 Å². The number of aliphatic hydroxyl groups excluding tert-OH is 1. The molecule has 0 spiro atoms. The summed E-state index contributed by atoms with van der Waals surface area (Å²) in [4.78, 5) is 10.9. The molecule has 0 bridgehead atoms. The van der Waals surface area contributed by atoms with E-state index in [4.69, 9.17) is 5.11 Å². The molecular formula is C31H38N2O5S. The topological polar surface area (TPSA) is 116 Å². The minimum atomic E-state index is -3.82. The van der Waals surface area contributed by atoms with Gasteiger partial charge in [0.15, 0.2) is 0 Å². The van der Waals surface area contributed by atoms with Crippen LogP contribution < -0.4 is 10.0 Å². The molecule has 1 aliphatic rings. The van der Waals surface area contributed by atoms with Gasteiger partial charge in [0.05, 0.1) is 11.0 Å². The summed E-state index contributed by atoms with van der Waals surface area (Å²) in [7, 11) is -3.82. The first-order valence-corrected chi connectivity index (χ1v) is 14.9. The predicted molar refractivity (Wildman–Crippen MR) is 153 cm³/mol. The lowest BCUT2D eigenvalue weighted by atomic mass is 9.88. The van der Waals surface area contributed by atoms with Crippen molar-refractivity contribution in [3.05, 3.63) is 89.5 Å². The van der Waals surface area contributed by atoms with Crippen molar-refractivity contribution in [2.24, 2.45) is 5.92 Å². The highest BCUT2D eigenvalue weighted by Crippen LogP contribution is 2.32. The van der Waals surface area contributed by atoms with Crippen LogP contribution in [0.15, 0.2) is 77.7 Å². The van der Waals surface area contributed by atoms with Crippen molar-refractivity contribution in [2.45, 2.75) is 62.5 Å². The Kier molecular flexibility index (Phi) is 9.23. The lowest BCUT2D eigenvalue weighted by molar-refractivity contribution is -0.136. The number of β-amino-alcohol motifs (C(OH)–C–C–N with tert-alkyl or cyclic N) is 1. The third-order valence-electron chi connectivity index (χ3n) is 7.32. The number of aliphatic carboxylic acids is 1. The molecule has 0 saturated carbocycles. The van der Waals surface area contributed by atoms with E-state index in [0.29, 0.717) is 12.3 Å². The van der Waals surface area contributed by atoms with Crippen LogP contribution in [0.25, 0.3) is 11.1 Å². The SMILES string of the molecule is CC(C)(CC1Cc2ccccc2C1)NC[C@@H](O)CNS(=O)(=O)c1cccc(-c2ccc(CCC(=O)O)cc2)c1. The van der Waals surface area contributed by atoms with Gasteiger partial charge in [-0.1, -0.05) is 60.7 Å². The second-order valence-corrected chi connectivity index (χ2v) is 12.9. The van der Waals surface area contributed by atoms with E-state index in [0.717, 1.165) is 36.0 Å². The van der Waals surface area contributed by atoms with Crippen molar-refractivity contribution < 1.29 is 23.4 Å². The van der Waals surface area contributed by atoms with Crippen molar-refractivity contribution in [1.82, 2.24) is 10.0 Å². The van der Waals surface area contributed by atoms with Crippen LogP contribution in [0.5, 0.6) is 0 Å². The Morgan fingerprint density at radius 3 is 2.26 bits per heavy atom. The number of aryl methyl sites for hydroxylation is 1. The number of aliphatic hydroxyl groups is 1. The number of nitrogens with one attached hydrogen (secondary N) is 2. The normalized spacial score (nSPS) is 14.7. The number of hydrogen-bond donors (Lipinski definition) is 4. The van der Waals surface area contributed by atoms with Crippen molar-refractivity contribution in [1.29, 1.82) is 0 Å². The molecule has 8 heteroatoms. The van der Waals surface area contributed by atoms with Gasteiger partial charge >= 0.3 is 5.97 Å². The van der Waals surface area contributed by atoms with E-state index >= 15 is 0 Å². The molecule has 3 aromatic rings. The Bertz CT molecular complexity index is 1360. The zero-order chi connectivity index (χ0) is 28.0. The molecule has 0 unspecified atom stereocenters. The van der Waals surface area contributed by atoms with Crippen LogP contribution >= 0.6 is 0 Å². The maximum atomic E-state index is 13.0. The van der Waals surface area contributed by atoms with Gasteiger partial charge in [-0.25, -0.2) is 13.1 Å². The van der Waals surface area contributed by atoms with Crippen LogP contribution in [0.3, 0.4) is 0 Å². The van der Waals surface area contributed by atoms with Gasteiger partial charge in [0, 0.05) is 25.0 Å².